The Balaban J connectivity index is 1.74. The summed E-state index contributed by atoms with van der Waals surface area (Å²) in [7, 11) is 0. The summed E-state index contributed by atoms with van der Waals surface area (Å²) < 4.78 is 1.29. The molecule has 0 saturated carbocycles. The summed E-state index contributed by atoms with van der Waals surface area (Å²) in [5, 5.41) is 8.52. The smallest absolute Gasteiger partial charge is 0.292 e. The van der Waals surface area contributed by atoms with Crippen LogP contribution in [0, 0.1) is 6.92 Å². The molecule has 118 valence electrons. The summed E-state index contributed by atoms with van der Waals surface area (Å²) in [5.41, 5.74) is 0.884. The number of rotatable bonds is 5. The van der Waals surface area contributed by atoms with Crippen molar-refractivity contribution in [2.24, 2.45) is 0 Å². The van der Waals surface area contributed by atoms with Gasteiger partial charge in [0.25, 0.3) is 5.56 Å². The van der Waals surface area contributed by atoms with Gasteiger partial charge in [0.2, 0.25) is 0 Å². The molecule has 0 atom stereocenters. The van der Waals surface area contributed by atoms with E-state index in [1.54, 1.807) is 17.5 Å². The van der Waals surface area contributed by atoms with Crippen LogP contribution in [0.5, 0.6) is 0 Å². The second-order valence-electron chi connectivity index (χ2n) is 4.97. The zero-order chi connectivity index (χ0) is 16.2. The largest absolute Gasteiger partial charge is 0.382 e. The number of hydrogen-bond donors (Lipinski definition) is 1. The lowest BCUT2D eigenvalue weighted by Crippen LogP contribution is -2.23. The fourth-order valence-electron chi connectivity index (χ4n) is 2.13. The maximum atomic E-state index is 12.3. The van der Waals surface area contributed by atoms with Crippen LogP contribution in [0.15, 0.2) is 47.5 Å². The maximum absolute atomic E-state index is 12.3. The standard InChI is InChI=1S/C16H15ClN4OS/c1-11-9-19-14(23-11)7-8-18-13-10-20-21(16(22)15(13)17)12-5-3-2-4-6-12/h2-6,9-10,18H,7-8H2,1H3. The lowest BCUT2D eigenvalue weighted by atomic mass is 10.3. The van der Waals surface area contributed by atoms with Crippen LogP contribution < -0.4 is 10.9 Å². The summed E-state index contributed by atoms with van der Waals surface area (Å²) in [4.78, 5) is 17.8. The van der Waals surface area contributed by atoms with Crippen LogP contribution in [0.1, 0.15) is 9.88 Å². The van der Waals surface area contributed by atoms with Crippen molar-refractivity contribution in [3.05, 3.63) is 68.0 Å². The van der Waals surface area contributed by atoms with Crippen LogP contribution in [0.2, 0.25) is 5.02 Å². The number of anilines is 1. The Morgan fingerprint density at radius 1 is 1.26 bits per heavy atom. The van der Waals surface area contributed by atoms with Gasteiger partial charge in [-0.1, -0.05) is 29.8 Å². The van der Waals surface area contributed by atoms with Gasteiger partial charge in [-0.05, 0) is 19.1 Å². The highest BCUT2D eigenvalue weighted by atomic mass is 35.5. The van der Waals surface area contributed by atoms with E-state index in [0.29, 0.717) is 17.9 Å². The Hall–Kier alpha value is -2.18. The number of aromatic nitrogens is 3. The number of benzene rings is 1. The molecule has 0 aliphatic heterocycles. The second-order valence-corrected chi connectivity index (χ2v) is 6.66. The summed E-state index contributed by atoms with van der Waals surface area (Å²) in [6.07, 6.45) is 4.20. The summed E-state index contributed by atoms with van der Waals surface area (Å²) >= 11 is 7.85. The van der Waals surface area contributed by atoms with Gasteiger partial charge in [0.05, 0.1) is 22.6 Å². The Bertz CT molecular complexity index is 860. The minimum atomic E-state index is -0.340. The predicted molar refractivity (Wildman–Crippen MR) is 93.9 cm³/mol. The Morgan fingerprint density at radius 3 is 2.74 bits per heavy atom. The van der Waals surface area contributed by atoms with Crippen molar-refractivity contribution in [2.75, 3.05) is 11.9 Å². The average molecular weight is 347 g/mol. The maximum Gasteiger partial charge on any atom is 0.292 e. The van der Waals surface area contributed by atoms with Crippen LogP contribution in [0.4, 0.5) is 5.69 Å². The van der Waals surface area contributed by atoms with Crippen LogP contribution in [0.3, 0.4) is 0 Å². The molecule has 0 bridgehead atoms. The average Bonchev–Trinajstić information content (AvgIpc) is 2.98. The molecular weight excluding hydrogens is 332 g/mol. The number of aryl methyl sites for hydroxylation is 1. The van der Waals surface area contributed by atoms with Crippen molar-refractivity contribution in [1.29, 1.82) is 0 Å². The van der Waals surface area contributed by atoms with E-state index in [-0.39, 0.29) is 10.6 Å². The van der Waals surface area contributed by atoms with Gasteiger partial charge >= 0.3 is 0 Å². The highest BCUT2D eigenvalue weighted by Crippen LogP contribution is 2.17. The summed E-state index contributed by atoms with van der Waals surface area (Å²) in [6, 6.07) is 9.19. The first-order chi connectivity index (χ1) is 11.1. The van der Waals surface area contributed by atoms with E-state index in [9.17, 15) is 4.79 Å². The molecule has 0 aliphatic rings. The molecule has 0 spiro atoms. The number of thiazole rings is 1. The predicted octanol–water partition coefficient (Wildman–Crippen LogP) is 3.31. The molecule has 23 heavy (non-hydrogen) atoms. The third-order valence-corrected chi connectivity index (χ3v) is 4.58. The zero-order valence-corrected chi connectivity index (χ0v) is 14.1. The van der Waals surface area contributed by atoms with Crippen LogP contribution >= 0.6 is 22.9 Å². The first-order valence-corrected chi connectivity index (χ1v) is 8.33. The molecule has 3 rings (SSSR count). The minimum Gasteiger partial charge on any atom is -0.382 e. The van der Waals surface area contributed by atoms with Gasteiger partial charge in [-0.2, -0.15) is 9.78 Å². The Labute approximate surface area is 142 Å². The Morgan fingerprint density at radius 2 is 2.04 bits per heavy atom. The lowest BCUT2D eigenvalue weighted by Gasteiger charge is -2.09. The number of halogens is 1. The van der Waals surface area contributed by atoms with E-state index in [1.165, 1.54) is 9.56 Å². The molecular formula is C16H15ClN4OS. The first kappa shape index (κ1) is 15.7. The molecule has 0 aliphatic carbocycles. The lowest BCUT2D eigenvalue weighted by molar-refractivity contribution is 0.806. The van der Waals surface area contributed by atoms with Gasteiger partial charge in [-0.25, -0.2) is 4.98 Å². The Kier molecular flexibility index (Phi) is 4.73. The van der Waals surface area contributed by atoms with Crippen LogP contribution in [-0.4, -0.2) is 21.3 Å². The highest BCUT2D eigenvalue weighted by Gasteiger charge is 2.10. The molecule has 2 aromatic heterocycles. The molecule has 0 unspecified atom stereocenters. The SMILES string of the molecule is Cc1cnc(CCNc2cnn(-c3ccccc3)c(=O)c2Cl)s1. The van der Waals surface area contributed by atoms with Gasteiger partial charge in [0.1, 0.15) is 5.02 Å². The number of para-hydroxylation sites is 1. The van der Waals surface area contributed by atoms with E-state index in [2.05, 4.69) is 15.4 Å². The highest BCUT2D eigenvalue weighted by molar-refractivity contribution is 7.11. The molecule has 0 saturated heterocycles. The number of hydrogen-bond acceptors (Lipinski definition) is 5. The van der Waals surface area contributed by atoms with E-state index < -0.39 is 0 Å². The van der Waals surface area contributed by atoms with Crippen LogP contribution in [0.25, 0.3) is 5.69 Å². The van der Waals surface area contributed by atoms with Crippen molar-refractivity contribution in [2.45, 2.75) is 13.3 Å². The van der Waals surface area contributed by atoms with Crippen molar-refractivity contribution < 1.29 is 0 Å². The third kappa shape index (κ3) is 3.60. The molecule has 5 nitrogen and oxygen atoms in total. The molecule has 1 aromatic carbocycles. The van der Waals surface area contributed by atoms with Crippen LogP contribution in [-0.2, 0) is 6.42 Å². The monoisotopic (exact) mass is 346 g/mol. The van der Waals surface area contributed by atoms with Gasteiger partial charge in [0.15, 0.2) is 0 Å². The molecule has 3 aromatic rings. The fraction of sp³-hybridized carbons (Fsp3) is 0.188. The van der Waals surface area contributed by atoms with Gasteiger partial charge < -0.3 is 5.32 Å². The molecule has 1 N–H and O–H groups in total. The zero-order valence-electron chi connectivity index (χ0n) is 12.5. The second kappa shape index (κ2) is 6.93. The molecule has 7 heteroatoms. The van der Waals surface area contributed by atoms with E-state index in [1.807, 2.05) is 43.5 Å². The van der Waals surface area contributed by atoms with E-state index in [4.69, 9.17) is 11.6 Å². The van der Waals surface area contributed by atoms with E-state index >= 15 is 0 Å². The molecule has 2 heterocycles. The third-order valence-electron chi connectivity index (χ3n) is 3.24. The number of nitrogens with zero attached hydrogens (tertiary/aromatic N) is 3. The summed E-state index contributed by atoms with van der Waals surface area (Å²) in [6.45, 7) is 2.67. The van der Waals surface area contributed by atoms with Crippen molar-refractivity contribution in [1.82, 2.24) is 14.8 Å². The van der Waals surface area contributed by atoms with Crippen molar-refractivity contribution >= 4 is 28.6 Å². The summed E-state index contributed by atoms with van der Waals surface area (Å²) in [5.74, 6) is 0. The minimum absolute atomic E-state index is 0.138. The molecule has 0 radical (unpaired) electrons. The van der Waals surface area contributed by atoms with Gasteiger partial charge in [-0.15, -0.1) is 11.3 Å². The quantitative estimate of drug-likeness (QED) is 0.770. The topological polar surface area (TPSA) is 59.8 Å². The normalized spacial score (nSPS) is 10.7. The van der Waals surface area contributed by atoms with Crippen molar-refractivity contribution in [3.63, 3.8) is 0 Å². The van der Waals surface area contributed by atoms with Crippen molar-refractivity contribution in [3.8, 4) is 5.69 Å². The molecule has 0 fully saturated rings. The van der Waals surface area contributed by atoms with Gasteiger partial charge in [-0.3, -0.25) is 4.79 Å². The van der Waals surface area contributed by atoms with Gasteiger partial charge in [0, 0.05) is 24.0 Å². The first-order valence-electron chi connectivity index (χ1n) is 7.13. The molecule has 0 amide bonds. The number of nitrogens with one attached hydrogen (secondary N) is 1. The van der Waals surface area contributed by atoms with E-state index in [0.717, 1.165) is 11.4 Å². The fourth-order valence-corrected chi connectivity index (χ4v) is 3.11.